The third-order valence-electron chi connectivity index (χ3n) is 2.18. The minimum atomic E-state index is 0.784. The fraction of sp³-hybridized carbons (Fsp3) is 0.0714. The number of pyridine rings is 1. The van der Waals surface area contributed by atoms with Crippen LogP contribution in [0.5, 0.6) is 0 Å². The Bertz CT molecular complexity index is 435. The molecular weight excluding hydrogens is 196 g/mol. The summed E-state index contributed by atoms with van der Waals surface area (Å²) in [5.41, 5.74) is 1.21. The number of anilines is 1. The van der Waals surface area contributed by atoms with Gasteiger partial charge in [0.15, 0.2) is 0 Å². The Morgan fingerprint density at radius 2 is 1.81 bits per heavy atom. The molecule has 16 heavy (non-hydrogen) atoms. The highest BCUT2D eigenvalue weighted by Crippen LogP contribution is 2.02. The Kier molecular flexibility index (Phi) is 3.72. The van der Waals surface area contributed by atoms with E-state index in [0.717, 1.165) is 12.4 Å². The first-order valence-corrected chi connectivity index (χ1v) is 5.31. The largest absolute Gasteiger partial charge is 0.367 e. The zero-order chi connectivity index (χ0) is 11.1. The number of benzene rings is 1. The molecule has 0 saturated carbocycles. The SMILES string of the molecule is C(=C\c1ccccc1)/CNc1ccccn1. The summed E-state index contributed by atoms with van der Waals surface area (Å²) in [7, 11) is 0. The van der Waals surface area contributed by atoms with E-state index in [-0.39, 0.29) is 0 Å². The molecule has 0 saturated heterocycles. The molecule has 2 rings (SSSR count). The second-order valence-corrected chi connectivity index (χ2v) is 3.41. The minimum absolute atomic E-state index is 0.784. The van der Waals surface area contributed by atoms with Crippen LogP contribution in [0, 0.1) is 0 Å². The molecule has 0 spiro atoms. The monoisotopic (exact) mass is 210 g/mol. The standard InChI is InChI=1S/C14H14N2/c1-2-7-13(8-3-1)9-6-12-16-14-10-4-5-11-15-14/h1-11H,12H2,(H,15,16)/b9-6+. The Morgan fingerprint density at radius 3 is 2.56 bits per heavy atom. The first-order valence-electron chi connectivity index (χ1n) is 5.31. The Balaban J connectivity index is 1.83. The van der Waals surface area contributed by atoms with Gasteiger partial charge >= 0.3 is 0 Å². The molecule has 1 heterocycles. The fourth-order valence-corrected chi connectivity index (χ4v) is 1.39. The van der Waals surface area contributed by atoms with Crippen LogP contribution in [0.2, 0.25) is 0 Å². The van der Waals surface area contributed by atoms with Crippen LogP contribution in [0.15, 0.2) is 60.8 Å². The molecule has 2 heteroatoms. The van der Waals surface area contributed by atoms with Crippen molar-refractivity contribution in [3.05, 3.63) is 66.4 Å². The first-order chi connectivity index (χ1) is 7.95. The maximum absolute atomic E-state index is 4.18. The van der Waals surface area contributed by atoms with Crippen molar-refractivity contribution in [1.29, 1.82) is 0 Å². The highest BCUT2D eigenvalue weighted by molar-refractivity contribution is 5.49. The van der Waals surface area contributed by atoms with Gasteiger partial charge in [0.25, 0.3) is 0 Å². The van der Waals surface area contributed by atoms with Crippen molar-refractivity contribution in [2.75, 3.05) is 11.9 Å². The lowest BCUT2D eigenvalue weighted by molar-refractivity contribution is 1.23. The van der Waals surface area contributed by atoms with Gasteiger partial charge in [-0.15, -0.1) is 0 Å². The maximum Gasteiger partial charge on any atom is 0.126 e. The Morgan fingerprint density at radius 1 is 1.00 bits per heavy atom. The van der Waals surface area contributed by atoms with Gasteiger partial charge in [-0.2, -0.15) is 0 Å². The van der Waals surface area contributed by atoms with Crippen molar-refractivity contribution in [3.63, 3.8) is 0 Å². The number of hydrogen-bond donors (Lipinski definition) is 1. The Labute approximate surface area is 95.7 Å². The lowest BCUT2D eigenvalue weighted by Gasteiger charge is -2.00. The van der Waals surface area contributed by atoms with E-state index >= 15 is 0 Å². The molecule has 0 bridgehead atoms. The summed E-state index contributed by atoms with van der Waals surface area (Å²) < 4.78 is 0. The molecule has 1 aromatic carbocycles. The van der Waals surface area contributed by atoms with Crippen molar-refractivity contribution < 1.29 is 0 Å². The quantitative estimate of drug-likeness (QED) is 0.838. The number of hydrogen-bond acceptors (Lipinski definition) is 2. The molecule has 0 radical (unpaired) electrons. The molecule has 0 aliphatic rings. The van der Waals surface area contributed by atoms with E-state index < -0.39 is 0 Å². The zero-order valence-electron chi connectivity index (χ0n) is 9.01. The van der Waals surface area contributed by atoms with Crippen LogP contribution in [0.3, 0.4) is 0 Å². The highest BCUT2D eigenvalue weighted by atomic mass is 15.0. The second-order valence-electron chi connectivity index (χ2n) is 3.41. The zero-order valence-corrected chi connectivity index (χ0v) is 9.01. The van der Waals surface area contributed by atoms with Crippen molar-refractivity contribution in [1.82, 2.24) is 4.98 Å². The number of nitrogens with zero attached hydrogens (tertiary/aromatic N) is 1. The number of rotatable bonds is 4. The molecule has 0 unspecified atom stereocenters. The van der Waals surface area contributed by atoms with Crippen LogP contribution in [-0.2, 0) is 0 Å². The summed E-state index contributed by atoms with van der Waals surface area (Å²) in [5, 5.41) is 3.22. The summed E-state index contributed by atoms with van der Waals surface area (Å²) in [6.45, 7) is 0.784. The van der Waals surface area contributed by atoms with Crippen LogP contribution in [-0.4, -0.2) is 11.5 Å². The van der Waals surface area contributed by atoms with E-state index in [2.05, 4.69) is 34.6 Å². The van der Waals surface area contributed by atoms with Crippen LogP contribution in [0.25, 0.3) is 6.08 Å². The molecule has 2 nitrogen and oxygen atoms in total. The van der Waals surface area contributed by atoms with Gasteiger partial charge in [-0.1, -0.05) is 48.6 Å². The molecule has 0 aliphatic heterocycles. The van der Waals surface area contributed by atoms with Crippen molar-refractivity contribution in [2.45, 2.75) is 0 Å². The smallest absolute Gasteiger partial charge is 0.126 e. The van der Waals surface area contributed by atoms with E-state index in [0.29, 0.717) is 0 Å². The molecule has 2 aromatic rings. The van der Waals surface area contributed by atoms with Gasteiger partial charge in [-0.05, 0) is 17.7 Å². The summed E-state index contributed by atoms with van der Waals surface area (Å²) in [5.74, 6) is 0.903. The van der Waals surface area contributed by atoms with Crippen molar-refractivity contribution in [3.8, 4) is 0 Å². The van der Waals surface area contributed by atoms with E-state index in [1.807, 2.05) is 36.4 Å². The van der Waals surface area contributed by atoms with Crippen LogP contribution in [0.1, 0.15) is 5.56 Å². The minimum Gasteiger partial charge on any atom is -0.367 e. The van der Waals surface area contributed by atoms with E-state index in [1.165, 1.54) is 5.56 Å². The van der Waals surface area contributed by atoms with Gasteiger partial charge < -0.3 is 5.32 Å². The molecule has 0 atom stereocenters. The van der Waals surface area contributed by atoms with Gasteiger partial charge in [-0.25, -0.2) is 4.98 Å². The van der Waals surface area contributed by atoms with Crippen molar-refractivity contribution >= 4 is 11.9 Å². The van der Waals surface area contributed by atoms with Gasteiger partial charge in [0.05, 0.1) is 0 Å². The molecule has 0 fully saturated rings. The average molecular weight is 210 g/mol. The van der Waals surface area contributed by atoms with Gasteiger partial charge in [0, 0.05) is 12.7 Å². The topological polar surface area (TPSA) is 24.9 Å². The second kappa shape index (κ2) is 5.71. The summed E-state index contributed by atoms with van der Waals surface area (Å²) in [6, 6.07) is 16.1. The van der Waals surface area contributed by atoms with E-state index in [1.54, 1.807) is 6.20 Å². The molecule has 80 valence electrons. The molecule has 0 amide bonds. The molecule has 0 aliphatic carbocycles. The lowest BCUT2D eigenvalue weighted by atomic mass is 10.2. The number of nitrogens with one attached hydrogen (secondary N) is 1. The molecular formula is C14H14N2. The third-order valence-corrected chi connectivity index (χ3v) is 2.18. The van der Waals surface area contributed by atoms with E-state index in [4.69, 9.17) is 0 Å². The van der Waals surface area contributed by atoms with Crippen LogP contribution in [0.4, 0.5) is 5.82 Å². The van der Waals surface area contributed by atoms with Gasteiger partial charge in [0.2, 0.25) is 0 Å². The summed E-state index contributed by atoms with van der Waals surface area (Å²) in [6.07, 6.45) is 5.96. The third kappa shape index (κ3) is 3.24. The molecule has 1 aromatic heterocycles. The van der Waals surface area contributed by atoms with Gasteiger partial charge in [-0.3, -0.25) is 0 Å². The average Bonchev–Trinajstić information content (AvgIpc) is 2.37. The fourth-order valence-electron chi connectivity index (χ4n) is 1.39. The first kappa shape index (κ1) is 10.4. The maximum atomic E-state index is 4.18. The molecule has 1 N–H and O–H groups in total. The summed E-state index contributed by atoms with van der Waals surface area (Å²) in [4.78, 5) is 4.18. The predicted octanol–water partition coefficient (Wildman–Crippen LogP) is 3.21. The Hall–Kier alpha value is -2.09. The highest BCUT2D eigenvalue weighted by Gasteiger charge is 1.87. The lowest BCUT2D eigenvalue weighted by Crippen LogP contribution is -1.99. The number of aromatic nitrogens is 1. The van der Waals surface area contributed by atoms with Crippen LogP contribution < -0.4 is 5.32 Å². The van der Waals surface area contributed by atoms with E-state index in [9.17, 15) is 0 Å². The normalized spacial score (nSPS) is 10.5. The van der Waals surface area contributed by atoms with Gasteiger partial charge in [0.1, 0.15) is 5.82 Å². The predicted molar refractivity (Wildman–Crippen MR) is 68.2 cm³/mol. The van der Waals surface area contributed by atoms with Crippen molar-refractivity contribution in [2.24, 2.45) is 0 Å². The summed E-state index contributed by atoms with van der Waals surface area (Å²) >= 11 is 0. The van der Waals surface area contributed by atoms with Crippen LogP contribution >= 0.6 is 0 Å².